The zero-order chi connectivity index (χ0) is 29.9. The predicted molar refractivity (Wildman–Crippen MR) is 148 cm³/mol. The van der Waals surface area contributed by atoms with Gasteiger partial charge in [0.05, 0.1) is 38.6 Å². The number of rotatable bonds is 17. The molecule has 1 saturated heterocycles. The van der Waals surface area contributed by atoms with Gasteiger partial charge in [-0.3, -0.25) is 37.5 Å². The van der Waals surface area contributed by atoms with E-state index < -0.39 is 68.1 Å². The number of hydrogen-bond acceptors (Lipinski definition) is 14. The van der Waals surface area contributed by atoms with Gasteiger partial charge in [0, 0.05) is 25.3 Å². The van der Waals surface area contributed by atoms with Crippen LogP contribution >= 0.6 is 29.4 Å². The zero-order valence-corrected chi connectivity index (χ0v) is 25.9. The van der Waals surface area contributed by atoms with Gasteiger partial charge in [0.2, 0.25) is 5.41 Å². The van der Waals surface area contributed by atoms with Gasteiger partial charge in [-0.2, -0.15) is 0 Å². The molecule has 4 atom stereocenters. The highest BCUT2D eigenvalue weighted by molar-refractivity contribution is 8.76. The van der Waals surface area contributed by atoms with Crippen molar-refractivity contribution >= 4 is 41.3 Å². The van der Waals surface area contributed by atoms with Crippen molar-refractivity contribution in [1.29, 1.82) is 0 Å². The predicted octanol–water partition coefficient (Wildman–Crippen LogP) is 2.80. The number of carbonyl (C=O) groups is 2. The number of aromatic amines is 1. The highest BCUT2D eigenvalue weighted by atomic mass is 33.1. The van der Waals surface area contributed by atoms with E-state index in [9.17, 15) is 23.7 Å². The first kappa shape index (κ1) is 34.6. The maximum absolute atomic E-state index is 13.6. The number of aromatic nitrogens is 2. The number of nitrogens with one attached hydrogen (secondary N) is 1. The molecule has 17 heteroatoms. The van der Waals surface area contributed by atoms with Crippen molar-refractivity contribution in [3.8, 4) is 0 Å². The summed E-state index contributed by atoms with van der Waals surface area (Å²) in [6, 6.07) is 0. The Morgan fingerprint density at radius 2 is 1.82 bits per heavy atom. The van der Waals surface area contributed by atoms with Crippen molar-refractivity contribution in [1.82, 2.24) is 9.55 Å². The summed E-state index contributed by atoms with van der Waals surface area (Å²) in [4.78, 5) is 52.4. The summed E-state index contributed by atoms with van der Waals surface area (Å²) in [6.07, 6.45) is 1.37. The van der Waals surface area contributed by atoms with Crippen LogP contribution in [0.3, 0.4) is 0 Å². The summed E-state index contributed by atoms with van der Waals surface area (Å²) >= 11 is 0. The molecule has 1 fully saturated rings. The Labute approximate surface area is 240 Å². The fourth-order valence-electron chi connectivity index (χ4n) is 3.82. The van der Waals surface area contributed by atoms with E-state index in [0.717, 1.165) is 7.11 Å². The molecule has 40 heavy (non-hydrogen) atoms. The topological polar surface area (TPSA) is 171 Å². The van der Waals surface area contributed by atoms with E-state index in [2.05, 4.69) is 4.98 Å². The lowest BCUT2D eigenvalue weighted by Gasteiger charge is -2.30. The first-order chi connectivity index (χ1) is 19.0. The highest BCUT2D eigenvalue weighted by Crippen LogP contribution is 2.53. The van der Waals surface area contributed by atoms with Crippen LogP contribution in [-0.2, 0) is 46.7 Å². The van der Waals surface area contributed by atoms with Gasteiger partial charge >= 0.3 is 25.5 Å². The fourth-order valence-corrected chi connectivity index (χ4v) is 5.75. The molecule has 228 valence electrons. The van der Waals surface area contributed by atoms with Crippen LogP contribution in [0.2, 0.25) is 0 Å². The van der Waals surface area contributed by atoms with Crippen LogP contribution in [0.15, 0.2) is 15.8 Å². The first-order valence-electron chi connectivity index (χ1n) is 12.5. The number of nitrogens with zero attached hydrogens (tertiary/aromatic N) is 1. The van der Waals surface area contributed by atoms with E-state index >= 15 is 0 Å². The largest absolute Gasteiger partial charge is 0.474 e. The maximum Gasteiger partial charge on any atom is 0.474 e. The average molecular weight is 629 g/mol. The zero-order valence-electron chi connectivity index (χ0n) is 23.4. The van der Waals surface area contributed by atoms with Crippen LogP contribution in [0.25, 0.3) is 0 Å². The number of aryl methyl sites for hydroxylation is 1. The van der Waals surface area contributed by atoms with E-state index in [-0.39, 0.29) is 25.6 Å². The molecule has 2 unspecified atom stereocenters. The lowest BCUT2D eigenvalue weighted by molar-refractivity contribution is -0.179. The van der Waals surface area contributed by atoms with Crippen molar-refractivity contribution in [2.24, 2.45) is 5.41 Å². The Kier molecular flexibility index (Phi) is 13.9. The summed E-state index contributed by atoms with van der Waals surface area (Å²) < 4.78 is 53.0. The van der Waals surface area contributed by atoms with Crippen molar-refractivity contribution in [2.75, 3.05) is 45.7 Å². The molecule has 2 heterocycles. The molecular weight excluding hydrogens is 591 g/mol. The molecule has 14 nitrogen and oxygen atoms in total. The molecule has 1 aliphatic heterocycles. The summed E-state index contributed by atoms with van der Waals surface area (Å²) in [5.41, 5.74) is -2.99. The molecular formula is C23H37N2O12PS2. The van der Waals surface area contributed by atoms with Crippen molar-refractivity contribution in [3.63, 3.8) is 0 Å². The molecule has 0 spiro atoms. The minimum Gasteiger partial charge on any atom is -0.465 e. The van der Waals surface area contributed by atoms with Crippen molar-refractivity contribution in [2.45, 2.75) is 59.0 Å². The molecule has 2 rings (SSSR count). The maximum atomic E-state index is 13.6. The molecule has 1 N–H and O–H groups in total. The SMILES string of the molecule is CCOC(=O)C(COCSSC)(COP(=O)(OC)O[C@@H]1C[C@H](n2cc(C)c(=O)[nH]c2=O)OC1CC)C(=O)OCC. The standard InChI is InChI=1S/C23H37N2O12PS2/c1-7-16-17(10-18(36-16)25-11-15(4)19(26)24-22(25)29)37-38(30,31-5)35-13-23(20(27)33-8-2,21(28)34-9-3)12-32-14-40-39-6/h11,16-18H,7-10,12-14H2,1-6H3,(H,24,26,29)/t16?,17-,18-,38?/m1/s1. The van der Waals surface area contributed by atoms with Crippen LogP contribution in [0.5, 0.6) is 0 Å². The molecule has 0 aromatic carbocycles. The number of H-pyrrole nitrogens is 1. The van der Waals surface area contributed by atoms with Crippen molar-refractivity contribution < 1.29 is 46.7 Å². The molecule has 1 aromatic heterocycles. The molecule has 0 bridgehead atoms. The second-order valence-corrected chi connectivity index (χ2v) is 12.8. The monoisotopic (exact) mass is 628 g/mol. The van der Waals surface area contributed by atoms with E-state index in [1.807, 2.05) is 6.26 Å². The van der Waals surface area contributed by atoms with Crippen LogP contribution in [0.4, 0.5) is 0 Å². The third-order valence-corrected chi connectivity index (χ3v) is 8.84. The molecule has 0 saturated carbocycles. The highest BCUT2D eigenvalue weighted by Gasteiger charge is 2.52. The quantitative estimate of drug-likeness (QED) is 0.0667. The summed E-state index contributed by atoms with van der Waals surface area (Å²) in [6.45, 7) is 5.15. The lowest BCUT2D eigenvalue weighted by Crippen LogP contribution is -2.49. The third kappa shape index (κ3) is 8.68. The van der Waals surface area contributed by atoms with Crippen LogP contribution in [-0.4, -0.2) is 79.4 Å². The molecule has 0 radical (unpaired) electrons. The molecule has 0 aliphatic carbocycles. The van der Waals surface area contributed by atoms with Gasteiger partial charge in [0.25, 0.3) is 5.56 Å². The molecule has 1 aliphatic rings. The minimum absolute atomic E-state index is 0.0411. The van der Waals surface area contributed by atoms with Crippen LogP contribution in [0.1, 0.15) is 45.4 Å². The first-order valence-corrected chi connectivity index (χ1v) is 16.7. The summed E-state index contributed by atoms with van der Waals surface area (Å²) in [7, 11) is -0.557. The molecule has 1 aromatic rings. The number of esters is 2. The van der Waals surface area contributed by atoms with E-state index in [1.54, 1.807) is 27.7 Å². The van der Waals surface area contributed by atoms with Gasteiger partial charge in [0.15, 0.2) is 0 Å². The Morgan fingerprint density at radius 3 is 2.38 bits per heavy atom. The van der Waals surface area contributed by atoms with Crippen LogP contribution < -0.4 is 11.2 Å². The van der Waals surface area contributed by atoms with Gasteiger partial charge in [-0.1, -0.05) is 28.5 Å². The second kappa shape index (κ2) is 16.1. The van der Waals surface area contributed by atoms with Crippen molar-refractivity contribution in [3.05, 3.63) is 32.6 Å². The smallest absolute Gasteiger partial charge is 0.465 e. The Hall–Kier alpha value is -1.65. The van der Waals surface area contributed by atoms with Gasteiger partial charge in [-0.05, 0) is 33.4 Å². The van der Waals surface area contributed by atoms with E-state index in [4.69, 9.17) is 32.5 Å². The number of phosphoric ester groups is 1. The van der Waals surface area contributed by atoms with Gasteiger partial charge in [-0.25, -0.2) is 9.36 Å². The normalized spacial score (nSPS) is 20.7. The lowest BCUT2D eigenvalue weighted by atomic mass is 9.90. The molecule has 0 amide bonds. The summed E-state index contributed by atoms with van der Waals surface area (Å²) in [5.74, 6) is -1.81. The van der Waals surface area contributed by atoms with E-state index in [0.29, 0.717) is 12.0 Å². The van der Waals surface area contributed by atoms with E-state index in [1.165, 1.54) is 32.4 Å². The van der Waals surface area contributed by atoms with Gasteiger partial charge < -0.3 is 18.9 Å². The summed E-state index contributed by atoms with van der Waals surface area (Å²) in [5, 5.41) is 0. The van der Waals surface area contributed by atoms with Gasteiger partial charge in [0.1, 0.15) is 12.2 Å². The number of carbonyl (C=O) groups excluding carboxylic acids is 2. The van der Waals surface area contributed by atoms with Crippen LogP contribution in [0, 0.1) is 12.3 Å². The second-order valence-electron chi connectivity index (χ2n) is 8.57. The Balaban J connectivity index is 2.29. The average Bonchev–Trinajstić information content (AvgIpc) is 3.32. The Bertz CT molecular complexity index is 1140. The number of hydrogen-bond donors (Lipinski definition) is 1. The number of ether oxygens (including phenoxy) is 4. The Morgan fingerprint density at radius 1 is 1.18 bits per heavy atom. The third-order valence-electron chi connectivity index (χ3n) is 5.93. The number of phosphoric acid groups is 1. The van der Waals surface area contributed by atoms with Gasteiger partial charge in [-0.15, -0.1) is 0 Å². The minimum atomic E-state index is -4.41. The fraction of sp³-hybridized carbons (Fsp3) is 0.739.